The highest BCUT2D eigenvalue weighted by atomic mass is 19.4. The Morgan fingerprint density at radius 3 is 2.35 bits per heavy atom. The molecule has 3 N–H and O–H groups in total. The van der Waals surface area contributed by atoms with E-state index in [9.17, 15) is 13.2 Å². The number of para-hydroxylation sites is 1. The third-order valence-corrected chi connectivity index (χ3v) is 2.70. The van der Waals surface area contributed by atoms with Crippen molar-refractivity contribution in [2.75, 3.05) is 5.73 Å². The summed E-state index contributed by atoms with van der Waals surface area (Å²) in [5, 5.41) is 9.16. The number of aliphatic hydroxyl groups is 1. The second-order valence-electron chi connectivity index (χ2n) is 4.12. The van der Waals surface area contributed by atoms with Crippen LogP contribution < -0.4 is 10.5 Å². The number of hydrogen-bond acceptors (Lipinski definition) is 3. The van der Waals surface area contributed by atoms with Crippen molar-refractivity contribution in [1.82, 2.24) is 0 Å². The summed E-state index contributed by atoms with van der Waals surface area (Å²) in [6, 6.07) is 9.53. The number of nitrogens with two attached hydrogens (primary N) is 1. The number of alkyl halides is 3. The van der Waals surface area contributed by atoms with Crippen LogP contribution in [0.3, 0.4) is 0 Å². The summed E-state index contributed by atoms with van der Waals surface area (Å²) in [5.41, 5.74) is 5.14. The third-order valence-electron chi connectivity index (χ3n) is 2.70. The minimum absolute atomic E-state index is 0.110. The Labute approximate surface area is 113 Å². The summed E-state index contributed by atoms with van der Waals surface area (Å²) in [6.45, 7) is -0.239. The molecule has 0 aliphatic heterocycles. The van der Waals surface area contributed by atoms with Gasteiger partial charge in [-0.15, -0.1) is 0 Å². The van der Waals surface area contributed by atoms with Crippen molar-refractivity contribution >= 4 is 5.69 Å². The highest BCUT2D eigenvalue weighted by Gasteiger charge is 2.31. The number of anilines is 1. The van der Waals surface area contributed by atoms with Crippen LogP contribution in [-0.2, 0) is 12.8 Å². The number of ether oxygens (including phenoxy) is 1. The fourth-order valence-electron chi connectivity index (χ4n) is 1.67. The van der Waals surface area contributed by atoms with Crippen molar-refractivity contribution in [3.8, 4) is 11.5 Å². The molecule has 0 aromatic heterocycles. The molecule has 106 valence electrons. The molecule has 0 heterocycles. The van der Waals surface area contributed by atoms with E-state index in [1.54, 1.807) is 24.3 Å². The van der Waals surface area contributed by atoms with Gasteiger partial charge in [-0.1, -0.05) is 18.2 Å². The molecule has 0 spiro atoms. The van der Waals surface area contributed by atoms with E-state index in [4.69, 9.17) is 15.6 Å². The predicted octanol–water partition coefficient (Wildman–Crippen LogP) is 3.57. The van der Waals surface area contributed by atoms with Crippen LogP contribution in [0, 0.1) is 0 Å². The summed E-state index contributed by atoms with van der Waals surface area (Å²) < 4.78 is 43.0. The minimum atomic E-state index is -4.45. The first-order chi connectivity index (χ1) is 9.41. The van der Waals surface area contributed by atoms with Gasteiger partial charge < -0.3 is 15.6 Å². The SMILES string of the molecule is Nc1cc(C(F)(F)F)ccc1Oc1ccccc1CO. The summed E-state index contributed by atoms with van der Waals surface area (Å²) in [6.07, 6.45) is -4.45. The molecule has 6 heteroatoms. The Balaban J connectivity index is 2.31. The average molecular weight is 283 g/mol. The van der Waals surface area contributed by atoms with E-state index >= 15 is 0 Å². The van der Waals surface area contributed by atoms with Gasteiger partial charge in [0.25, 0.3) is 0 Å². The summed E-state index contributed by atoms with van der Waals surface area (Å²) in [5.74, 6) is 0.459. The fraction of sp³-hybridized carbons (Fsp3) is 0.143. The second kappa shape index (κ2) is 5.42. The molecular formula is C14H12F3NO2. The highest BCUT2D eigenvalue weighted by Crippen LogP contribution is 2.35. The third kappa shape index (κ3) is 3.03. The molecule has 2 rings (SSSR count). The molecule has 0 fully saturated rings. The predicted molar refractivity (Wildman–Crippen MR) is 68.3 cm³/mol. The average Bonchev–Trinajstić information content (AvgIpc) is 2.40. The van der Waals surface area contributed by atoms with E-state index in [-0.39, 0.29) is 18.0 Å². The van der Waals surface area contributed by atoms with Crippen LogP contribution >= 0.6 is 0 Å². The molecule has 2 aromatic carbocycles. The van der Waals surface area contributed by atoms with Crippen LogP contribution in [0.15, 0.2) is 42.5 Å². The Hall–Kier alpha value is -2.21. The van der Waals surface area contributed by atoms with Gasteiger partial charge in [0.1, 0.15) is 11.5 Å². The Bertz CT molecular complexity index is 612. The first kappa shape index (κ1) is 14.2. The minimum Gasteiger partial charge on any atom is -0.455 e. The topological polar surface area (TPSA) is 55.5 Å². The van der Waals surface area contributed by atoms with Gasteiger partial charge in [0.15, 0.2) is 0 Å². The van der Waals surface area contributed by atoms with E-state index in [0.29, 0.717) is 11.3 Å². The molecular weight excluding hydrogens is 271 g/mol. The first-order valence-electron chi connectivity index (χ1n) is 5.75. The molecule has 2 aromatic rings. The van der Waals surface area contributed by atoms with Crippen molar-refractivity contribution < 1.29 is 23.0 Å². The molecule has 0 bridgehead atoms. The van der Waals surface area contributed by atoms with Gasteiger partial charge >= 0.3 is 6.18 Å². The largest absolute Gasteiger partial charge is 0.455 e. The van der Waals surface area contributed by atoms with Crippen LogP contribution in [0.2, 0.25) is 0 Å². The molecule has 20 heavy (non-hydrogen) atoms. The smallest absolute Gasteiger partial charge is 0.416 e. The summed E-state index contributed by atoms with van der Waals surface area (Å²) >= 11 is 0. The lowest BCUT2D eigenvalue weighted by atomic mass is 10.1. The summed E-state index contributed by atoms with van der Waals surface area (Å²) in [4.78, 5) is 0. The lowest BCUT2D eigenvalue weighted by molar-refractivity contribution is -0.137. The number of benzene rings is 2. The van der Waals surface area contributed by atoms with Gasteiger partial charge in [-0.05, 0) is 24.3 Å². The van der Waals surface area contributed by atoms with Crippen LogP contribution in [0.25, 0.3) is 0 Å². The second-order valence-corrected chi connectivity index (χ2v) is 4.12. The van der Waals surface area contributed by atoms with Crippen molar-refractivity contribution in [2.45, 2.75) is 12.8 Å². The van der Waals surface area contributed by atoms with E-state index in [1.807, 2.05) is 0 Å². The van der Waals surface area contributed by atoms with Gasteiger partial charge in [-0.3, -0.25) is 0 Å². The van der Waals surface area contributed by atoms with Crippen molar-refractivity contribution in [1.29, 1.82) is 0 Å². The number of nitrogen functional groups attached to an aromatic ring is 1. The van der Waals surface area contributed by atoms with Crippen molar-refractivity contribution in [3.05, 3.63) is 53.6 Å². The fourth-order valence-corrected chi connectivity index (χ4v) is 1.67. The Kier molecular flexibility index (Phi) is 3.85. The molecule has 0 unspecified atom stereocenters. The molecule has 0 aliphatic rings. The standard InChI is InChI=1S/C14H12F3NO2/c15-14(16,17)10-5-6-13(11(18)7-10)20-12-4-2-1-3-9(12)8-19/h1-7,19H,8,18H2. The quantitative estimate of drug-likeness (QED) is 0.847. The van der Waals surface area contributed by atoms with Crippen molar-refractivity contribution in [3.63, 3.8) is 0 Å². The zero-order chi connectivity index (χ0) is 14.8. The number of hydrogen-bond donors (Lipinski definition) is 2. The lowest BCUT2D eigenvalue weighted by Crippen LogP contribution is -2.06. The Morgan fingerprint density at radius 1 is 1.05 bits per heavy atom. The maximum Gasteiger partial charge on any atom is 0.416 e. The number of halogens is 3. The number of aliphatic hydroxyl groups excluding tert-OH is 1. The van der Waals surface area contributed by atoms with Crippen molar-refractivity contribution in [2.24, 2.45) is 0 Å². The van der Waals surface area contributed by atoms with Gasteiger partial charge in [0.2, 0.25) is 0 Å². The zero-order valence-electron chi connectivity index (χ0n) is 10.3. The highest BCUT2D eigenvalue weighted by molar-refractivity contribution is 5.56. The number of rotatable bonds is 3. The Morgan fingerprint density at radius 2 is 1.75 bits per heavy atom. The molecule has 0 aliphatic carbocycles. The van der Waals surface area contributed by atoms with E-state index in [2.05, 4.69) is 0 Å². The maximum absolute atomic E-state index is 12.5. The van der Waals surface area contributed by atoms with E-state index in [0.717, 1.165) is 18.2 Å². The van der Waals surface area contributed by atoms with E-state index < -0.39 is 11.7 Å². The zero-order valence-corrected chi connectivity index (χ0v) is 10.3. The molecule has 0 atom stereocenters. The molecule has 0 saturated carbocycles. The molecule has 0 saturated heterocycles. The molecule has 0 amide bonds. The normalized spacial score (nSPS) is 11.4. The lowest BCUT2D eigenvalue weighted by Gasteiger charge is -2.13. The van der Waals surface area contributed by atoms with Crippen LogP contribution in [-0.4, -0.2) is 5.11 Å². The van der Waals surface area contributed by atoms with Gasteiger partial charge in [-0.25, -0.2) is 0 Å². The van der Waals surface area contributed by atoms with Crippen LogP contribution in [0.1, 0.15) is 11.1 Å². The molecule has 3 nitrogen and oxygen atoms in total. The summed E-state index contributed by atoms with van der Waals surface area (Å²) in [7, 11) is 0. The van der Waals surface area contributed by atoms with Crippen LogP contribution in [0.4, 0.5) is 18.9 Å². The molecule has 0 radical (unpaired) electrons. The first-order valence-corrected chi connectivity index (χ1v) is 5.75. The monoisotopic (exact) mass is 283 g/mol. The van der Waals surface area contributed by atoms with Gasteiger partial charge in [-0.2, -0.15) is 13.2 Å². The van der Waals surface area contributed by atoms with Gasteiger partial charge in [0, 0.05) is 5.56 Å². The van der Waals surface area contributed by atoms with Gasteiger partial charge in [0.05, 0.1) is 17.9 Å². The van der Waals surface area contributed by atoms with Crippen LogP contribution in [0.5, 0.6) is 11.5 Å². The maximum atomic E-state index is 12.5. The van der Waals surface area contributed by atoms with E-state index in [1.165, 1.54) is 0 Å².